The van der Waals surface area contributed by atoms with Crippen LogP contribution in [0.5, 0.6) is 0 Å². The Labute approximate surface area is 126 Å². The highest BCUT2D eigenvalue weighted by molar-refractivity contribution is 7.09. The van der Waals surface area contributed by atoms with Crippen LogP contribution in [0.1, 0.15) is 31.7 Å². The lowest BCUT2D eigenvalue weighted by Crippen LogP contribution is -2.54. The summed E-state index contributed by atoms with van der Waals surface area (Å²) in [5, 5.41) is 0. The third-order valence-electron chi connectivity index (χ3n) is 2.97. The third kappa shape index (κ3) is 3.11. The number of hydrogen-bond donors (Lipinski definition) is 1. The van der Waals surface area contributed by atoms with Crippen LogP contribution in [0.4, 0.5) is 0 Å². The van der Waals surface area contributed by atoms with Gasteiger partial charge in [0.1, 0.15) is 0 Å². The van der Waals surface area contributed by atoms with E-state index < -0.39 is 29.2 Å². The molecule has 0 aromatic carbocycles. The van der Waals surface area contributed by atoms with Crippen molar-refractivity contribution < 1.29 is 23.9 Å². The molecular weight excluding hydrogens is 296 g/mol. The van der Waals surface area contributed by atoms with Gasteiger partial charge in [-0.05, 0) is 20.8 Å². The SMILES string of the molecule is CCOC(=O)C(C(C)=O)(C(=O)OCC)C(N)c1cncs1. The van der Waals surface area contributed by atoms with Crippen LogP contribution in [-0.2, 0) is 23.9 Å². The minimum absolute atomic E-state index is 0.0165. The Morgan fingerprint density at radius 3 is 2.14 bits per heavy atom. The monoisotopic (exact) mass is 314 g/mol. The largest absolute Gasteiger partial charge is 0.465 e. The summed E-state index contributed by atoms with van der Waals surface area (Å²) in [6.45, 7) is 4.30. The molecule has 1 rings (SSSR count). The zero-order valence-corrected chi connectivity index (χ0v) is 12.9. The fraction of sp³-hybridized carbons (Fsp3) is 0.538. The van der Waals surface area contributed by atoms with Crippen molar-refractivity contribution in [1.29, 1.82) is 0 Å². The van der Waals surface area contributed by atoms with Gasteiger partial charge in [-0.3, -0.25) is 19.4 Å². The van der Waals surface area contributed by atoms with Crippen molar-refractivity contribution in [1.82, 2.24) is 4.98 Å². The zero-order chi connectivity index (χ0) is 16.0. The molecular formula is C13H18N2O5S. The Hall–Kier alpha value is -1.80. The number of aromatic nitrogens is 1. The second kappa shape index (κ2) is 7.28. The summed E-state index contributed by atoms with van der Waals surface area (Å²) >= 11 is 1.14. The van der Waals surface area contributed by atoms with E-state index >= 15 is 0 Å². The van der Waals surface area contributed by atoms with E-state index in [1.54, 1.807) is 13.8 Å². The van der Waals surface area contributed by atoms with Crippen LogP contribution in [-0.4, -0.2) is 35.9 Å². The molecule has 7 nitrogen and oxygen atoms in total. The van der Waals surface area contributed by atoms with E-state index in [2.05, 4.69) is 4.98 Å². The van der Waals surface area contributed by atoms with Gasteiger partial charge in [-0.2, -0.15) is 0 Å². The fourth-order valence-electron chi connectivity index (χ4n) is 1.93. The lowest BCUT2D eigenvalue weighted by molar-refractivity contribution is -0.176. The zero-order valence-electron chi connectivity index (χ0n) is 12.1. The van der Waals surface area contributed by atoms with Gasteiger partial charge >= 0.3 is 11.9 Å². The second-order valence-corrected chi connectivity index (χ2v) is 5.10. The Morgan fingerprint density at radius 2 is 1.81 bits per heavy atom. The maximum atomic E-state index is 12.3. The fourth-order valence-corrected chi connectivity index (χ4v) is 2.61. The molecule has 2 N–H and O–H groups in total. The number of ketones is 1. The van der Waals surface area contributed by atoms with E-state index in [-0.39, 0.29) is 13.2 Å². The standard InChI is InChI=1S/C13H18N2O5S/c1-4-19-11(17)13(8(3)16,12(18)20-5-2)10(14)9-6-15-7-21-9/h6-7,10H,4-5,14H2,1-3H3. The highest BCUT2D eigenvalue weighted by Crippen LogP contribution is 2.37. The number of Topliss-reactive ketones (excluding diaryl/α,β-unsaturated/α-hetero) is 1. The van der Waals surface area contributed by atoms with Crippen LogP contribution < -0.4 is 5.73 Å². The first kappa shape index (κ1) is 17.3. The van der Waals surface area contributed by atoms with Crippen molar-refractivity contribution in [3.8, 4) is 0 Å². The minimum Gasteiger partial charge on any atom is -0.465 e. The van der Waals surface area contributed by atoms with Gasteiger partial charge in [-0.15, -0.1) is 11.3 Å². The first-order chi connectivity index (χ1) is 9.92. The quantitative estimate of drug-likeness (QED) is 0.587. The smallest absolute Gasteiger partial charge is 0.333 e. The molecule has 0 saturated heterocycles. The van der Waals surface area contributed by atoms with Crippen molar-refractivity contribution in [3.63, 3.8) is 0 Å². The summed E-state index contributed by atoms with van der Waals surface area (Å²) in [5.74, 6) is -2.73. The predicted octanol–water partition coefficient (Wildman–Crippen LogP) is 0.845. The van der Waals surface area contributed by atoms with Crippen LogP contribution in [0, 0.1) is 5.41 Å². The van der Waals surface area contributed by atoms with Crippen molar-refractivity contribution >= 4 is 29.1 Å². The molecule has 0 bridgehead atoms. The minimum atomic E-state index is -2.21. The number of carbonyl (C=O) groups is 3. The number of esters is 2. The molecule has 0 aliphatic rings. The summed E-state index contributed by atoms with van der Waals surface area (Å²) in [5.41, 5.74) is 5.32. The third-order valence-corrected chi connectivity index (χ3v) is 3.83. The number of carbonyl (C=O) groups excluding carboxylic acids is 3. The van der Waals surface area contributed by atoms with Gasteiger partial charge in [-0.25, -0.2) is 0 Å². The summed E-state index contributed by atoms with van der Waals surface area (Å²) < 4.78 is 9.80. The number of thiazole rings is 1. The van der Waals surface area contributed by atoms with Gasteiger partial charge in [0.15, 0.2) is 5.78 Å². The Balaban J connectivity index is 3.40. The molecule has 1 aromatic rings. The van der Waals surface area contributed by atoms with Crippen LogP contribution in [0.3, 0.4) is 0 Å². The summed E-state index contributed by atoms with van der Waals surface area (Å²) in [7, 11) is 0. The maximum absolute atomic E-state index is 12.3. The maximum Gasteiger partial charge on any atom is 0.333 e. The molecule has 1 atom stereocenters. The van der Waals surface area contributed by atoms with Crippen LogP contribution in [0.25, 0.3) is 0 Å². The molecule has 0 aliphatic carbocycles. The topological polar surface area (TPSA) is 109 Å². The van der Waals surface area contributed by atoms with E-state index in [1.165, 1.54) is 11.7 Å². The molecule has 1 unspecified atom stereocenters. The highest BCUT2D eigenvalue weighted by atomic mass is 32.1. The lowest BCUT2D eigenvalue weighted by Gasteiger charge is -2.31. The van der Waals surface area contributed by atoms with Crippen molar-refractivity contribution in [2.75, 3.05) is 13.2 Å². The number of rotatable bonds is 7. The van der Waals surface area contributed by atoms with E-state index in [0.29, 0.717) is 4.88 Å². The van der Waals surface area contributed by atoms with E-state index in [9.17, 15) is 14.4 Å². The molecule has 0 fully saturated rings. The number of nitrogens with two attached hydrogens (primary N) is 1. The molecule has 1 heterocycles. The van der Waals surface area contributed by atoms with E-state index in [1.807, 2.05) is 0 Å². The lowest BCUT2D eigenvalue weighted by atomic mass is 9.76. The number of ether oxygens (including phenoxy) is 2. The van der Waals surface area contributed by atoms with Crippen molar-refractivity contribution in [2.45, 2.75) is 26.8 Å². The van der Waals surface area contributed by atoms with E-state index in [0.717, 1.165) is 18.3 Å². The molecule has 0 amide bonds. The van der Waals surface area contributed by atoms with Crippen LogP contribution in [0.2, 0.25) is 0 Å². The van der Waals surface area contributed by atoms with Crippen molar-refractivity contribution in [2.24, 2.45) is 11.1 Å². The Kier molecular flexibility index (Phi) is 5.98. The first-order valence-corrected chi connectivity index (χ1v) is 7.30. The molecule has 0 saturated carbocycles. The average Bonchev–Trinajstić information content (AvgIpc) is 2.93. The van der Waals surface area contributed by atoms with Gasteiger partial charge in [-0.1, -0.05) is 0 Å². The van der Waals surface area contributed by atoms with Gasteiger partial charge < -0.3 is 15.2 Å². The van der Waals surface area contributed by atoms with Gasteiger partial charge in [0.2, 0.25) is 5.41 Å². The molecule has 0 aliphatic heterocycles. The van der Waals surface area contributed by atoms with Gasteiger partial charge in [0, 0.05) is 11.1 Å². The molecule has 1 aromatic heterocycles. The molecule has 8 heteroatoms. The molecule has 116 valence electrons. The normalized spacial score (nSPS) is 12.6. The van der Waals surface area contributed by atoms with Crippen LogP contribution >= 0.6 is 11.3 Å². The number of hydrogen-bond acceptors (Lipinski definition) is 8. The summed E-state index contributed by atoms with van der Waals surface area (Å²) in [4.78, 5) is 41.0. The van der Waals surface area contributed by atoms with E-state index in [4.69, 9.17) is 15.2 Å². The Bertz CT molecular complexity index is 497. The van der Waals surface area contributed by atoms with Gasteiger partial charge in [0.05, 0.1) is 24.8 Å². The second-order valence-electron chi connectivity index (χ2n) is 4.19. The molecule has 0 spiro atoms. The van der Waals surface area contributed by atoms with Crippen LogP contribution in [0.15, 0.2) is 11.7 Å². The van der Waals surface area contributed by atoms with Crippen molar-refractivity contribution in [3.05, 3.63) is 16.6 Å². The summed E-state index contributed by atoms with van der Waals surface area (Å²) in [6.07, 6.45) is 1.41. The molecule has 21 heavy (non-hydrogen) atoms. The average molecular weight is 314 g/mol. The van der Waals surface area contributed by atoms with Gasteiger partial charge in [0.25, 0.3) is 0 Å². The first-order valence-electron chi connectivity index (χ1n) is 6.42. The molecule has 0 radical (unpaired) electrons. The number of nitrogens with zero attached hydrogens (tertiary/aromatic N) is 1. The Morgan fingerprint density at radius 1 is 1.29 bits per heavy atom. The predicted molar refractivity (Wildman–Crippen MR) is 75.4 cm³/mol. The summed E-state index contributed by atoms with van der Waals surface area (Å²) in [6, 6.07) is -1.21. The highest BCUT2D eigenvalue weighted by Gasteiger charge is 2.59.